The predicted octanol–water partition coefficient (Wildman–Crippen LogP) is 8.95. The molecule has 1 aromatic carbocycles. The average Bonchev–Trinajstić information content (AvgIpc) is 2.78. The fourth-order valence-corrected chi connectivity index (χ4v) is 5.31. The summed E-state index contributed by atoms with van der Waals surface area (Å²) in [5.41, 5.74) is 3.01. The summed E-state index contributed by atoms with van der Waals surface area (Å²) in [4.78, 5) is 0. The second-order valence-corrected chi connectivity index (χ2v) is 13.1. The normalized spacial score (nSPS) is 12.4. The Morgan fingerprint density at radius 2 is 0.857 bits per heavy atom. The van der Waals surface area contributed by atoms with E-state index in [-0.39, 0.29) is 0 Å². The van der Waals surface area contributed by atoms with E-state index in [0.717, 1.165) is 4.48 Å². The molecule has 0 atom stereocenters. The summed E-state index contributed by atoms with van der Waals surface area (Å²) in [5.74, 6) is 0. The Morgan fingerprint density at radius 1 is 0.457 bits per heavy atom. The number of unbranched alkanes of at least 4 members (excludes halogenated alkanes) is 15. The number of aryl methyl sites for hydroxylation is 2. The maximum atomic E-state index is 2.42. The van der Waals surface area contributed by atoms with Crippen LogP contribution in [0.2, 0.25) is 0 Å². The Balaban J connectivity index is 1.78. The van der Waals surface area contributed by atoms with Crippen LogP contribution in [0.15, 0.2) is 24.3 Å². The van der Waals surface area contributed by atoms with Crippen molar-refractivity contribution in [2.45, 2.75) is 122 Å². The van der Waals surface area contributed by atoms with Gasteiger partial charge in [0.1, 0.15) is 0 Å². The van der Waals surface area contributed by atoms with Gasteiger partial charge < -0.3 is 8.97 Å². The molecular formula is C33H64N2+2. The molecule has 1 aromatic rings. The first-order valence-corrected chi connectivity index (χ1v) is 15.4. The number of benzene rings is 1. The summed E-state index contributed by atoms with van der Waals surface area (Å²) in [6.45, 7) is 6.21. The molecule has 0 unspecified atom stereocenters. The van der Waals surface area contributed by atoms with Crippen molar-refractivity contribution in [3.05, 3.63) is 35.4 Å². The lowest BCUT2D eigenvalue weighted by Crippen LogP contribution is -2.44. The van der Waals surface area contributed by atoms with Crippen LogP contribution in [0.4, 0.5) is 0 Å². The molecular weight excluding hydrogens is 424 g/mol. The zero-order valence-corrected chi connectivity index (χ0v) is 25.1. The van der Waals surface area contributed by atoms with Gasteiger partial charge in [-0.25, -0.2) is 0 Å². The first-order valence-electron chi connectivity index (χ1n) is 15.4. The summed E-state index contributed by atoms with van der Waals surface area (Å²) in [6.07, 6.45) is 25.7. The first-order chi connectivity index (χ1) is 16.7. The van der Waals surface area contributed by atoms with Gasteiger partial charge in [0.15, 0.2) is 0 Å². The molecule has 0 aliphatic heterocycles. The van der Waals surface area contributed by atoms with Gasteiger partial charge in [-0.3, -0.25) is 0 Å². The van der Waals surface area contributed by atoms with Crippen molar-refractivity contribution in [1.82, 2.24) is 0 Å². The van der Waals surface area contributed by atoms with Gasteiger partial charge in [-0.1, -0.05) is 108 Å². The lowest BCUT2D eigenvalue weighted by Gasteiger charge is -2.31. The van der Waals surface area contributed by atoms with Crippen LogP contribution in [0.5, 0.6) is 0 Å². The van der Waals surface area contributed by atoms with E-state index in [4.69, 9.17) is 0 Å². The monoisotopic (exact) mass is 489 g/mol. The smallest absolute Gasteiger partial charge is 0.0836 e. The summed E-state index contributed by atoms with van der Waals surface area (Å²) < 4.78 is 2.30. The minimum Gasteiger partial charge on any atom is -0.331 e. The van der Waals surface area contributed by atoms with Gasteiger partial charge in [0, 0.05) is 6.42 Å². The topological polar surface area (TPSA) is 0 Å². The van der Waals surface area contributed by atoms with Crippen molar-refractivity contribution >= 4 is 0 Å². The molecule has 1 rings (SSSR count). The van der Waals surface area contributed by atoms with Crippen LogP contribution >= 0.6 is 0 Å². The maximum absolute atomic E-state index is 2.42. The van der Waals surface area contributed by atoms with Gasteiger partial charge in [-0.15, -0.1) is 0 Å². The molecule has 0 aliphatic carbocycles. The lowest BCUT2D eigenvalue weighted by atomic mass is 10.0. The van der Waals surface area contributed by atoms with Crippen molar-refractivity contribution in [3.8, 4) is 0 Å². The molecule has 2 heteroatoms. The molecule has 0 saturated carbocycles. The Labute approximate surface area is 221 Å². The van der Waals surface area contributed by atoms with Gasteiger partial charge in [0.25, 0.3) is 0 Å². The number of hydrogen-bond acceptors (Lipinski definition) is 0. The third kappa shape index (κ3) is 19.9. The number of quaternary nitrogens is 2. The largest absolute Gasteiger partial charge is 0.331 e. The van der Waals surface area contributed by atoms with E-state index in [1.54, 1.807) is 5.56 Å². The Morgan fingerprint density at radius 3 is 1.31 bits per heavy atom. The van der Waals surface area contributed by atoms with E-state index < -0.39 is 0 Å². The molecule has 0 spiro atoms. The van der Waals surface area contributed by atoms with Crippen molar-refractivity contribution in [2.75, 3.05) is 54.9 Å². The van der Waals surface area contributed by atoms with E-state index in [1.807, 2.05) is 0 Å². The summed E-state index contributed by atoms with van der Waals surface area (Å²) in [6, 6.07) is 8.87. The SMILES string of the molecule is Cc1ccccc1CCCCCCCCCCCCCCCCCC[N+](C)(C)CCC[N+](C)(C)C. The van der Waals surface area contributed by atoms with Crippen LogP contribution in [0, 0.1) is 6.92 Å². The lowest BCUT2D eigenvalue weighted by molar-refractivity contribution is -0.902. The van der Waals surface area contributed by atoms with E-state index in [2.05, 4.69) is 66.4 Å². The molecule has 35 heavy (non-hydrogen) atoms. The molecule has 0 aromatic heterocycles. The standard InChI is InChI=1S/C33H64N2/c1-32-26-22-23-28-33(32)27-21-19-17-15-13-11-9-7-8-10-12-14-16-18-20-24-30-35(5,6)31-25-29-34(2,3)4/h22-23,26,28H,7-21,24-25,27,29-31H2,1-6H3/q+2. The van der Waals surface area contributed by atoms with E-state index in [0.29, 0.717) is 0 Å². The van der Waals surface area contributed by atoms with E-state index >= 15 is 0 Å². The number of hydrogen-bond donors (Lipinski definition) is 0. The Kier molecular flexibility index (Phi) is 17.7. The summed E-state index contributed by atoms with van der Waals surface area (Å²) >= 11 is 0. The third-order valence-electron chi connectivity index (χ3n) is 7.81. The van der Waals surface area contributed by atoms with Gasteiger partial charge >= 0.3 is 0 Å². The number of rotatable bonds is 23. The molecule has 0 saturated heterocycles. The second kappa shape index (κ2) is 19.3. The Bertz CT molecular complexity index is 614. The van der Waals surface area contributed by atoms with Crippen molar-refractivity contribution in [3.63, 3.8) is 0 Å². The minimum atomic E-state index is 1.09. The quantitative estimate of drug-likeness (QED) is 0.106. The highest BCUT2D eigenvalue weighted by Gasteiger charge is 2.16. The molecule has 0 N–H and O–H groups in total. The third-order valence-corrected chi connectivity index (χ3v) is 7.81. The highest BCUT2D eigenvalue weighted by Crippen LogP contribution is 2.16. The molecule has 0 amide bonds. The number of nitrogens with zero attached hydrogens (tertiary/aromatic N) is 2. The maximum Gasteiger partial charge on any atom is 0.0836 e. The van der Waals surface area contributed by atoms with Gasteiger partial charge in [-0.05, 0) is 43.7 Å². The molecule has 204 valence electrons. The van der Waals surface area contributed by atoms with Gasteiger partial charge in [0.2, 0.25) is 0 Å². The van der Waals surface area contributed by atoms with Crippen molar-refractivity contribution in [2.24, 2.45) is 0 Å². The fraction of sp³-hybridized carbons (Fsp3) is 0.818. The zero-order valence-electron chi connectivity index (χ0n) is 25.1. The summed E-state index contributed by atoms with van der Waals surface area (Å²) in [7, 11) is 11.7. The van der Waals surface area contributed by atoms with Crippen LogP contribution in [0.25, 0.3) is 0 Å². The fourth-order valence-electron chi connectivity index (χ4n) is 5.31. The van der Waals surface area contributed by atoms with E-state index in [9.17, 15) is 0 Å². The zero-order chi connectivity index (χ0) is 25.8. The Hall–Kier alpha value is -0.860. The highest BCUT2D eigenvalue weighted by molar-refractivity contribution is 5.25. The van der Waals surface area contributed by atoms with Crippen molar-refractivity contribution < 1.29 is 8.97 Å². The predicted molar refractivity (Wildman–Crippen MR) is 158 cm³/mol. The summed E-state index contributed by atoms with van der Waals surface area (Å²) in [5, 5.41) is 0. The molecule has 2 nitrogen and oxygen atoms in total. The minimum absolute atomic E-state index is 1.09. The molecule has 0 bridgehead atoms. The van der Waals surface area contributed by atoms with Crippen LogP contribution in [0.1, 0.15) is 120 Å². The van der Waals surface area contributed by atoms with Crippen LogP contribution in [0.3, 0.4) is 0 Å². The van der Waals surface area contributed by atoms with Crippen LogP contribution < -0.4 is 0 Å². The second-order valence-electron chi connectivity index (χ2n) is 13.1. The van der Waals surface area contributed by atoms with Crippen molar-refractivity contribution in [1.29, 1.82) is 0 Å². The van der Waals surface area contributed by atoms with Crippen LogP contribution in [-0.4, -0.2) is 63.8 Å². The average molecular weight is 489 g/mol. The molecule has 0 radical (unpaired) electrons. The van der Waals surface area contributed by atoms with Gasteiger partial charge in [-0.2, -0.15) is 0 Å². The highest BCUT2D eigenvalue weighted by atomic mass is 15.3. The molecule has 0 fully saturated rings. The molecule has 0 aliphatic rings. The van der Waals surface area contributed by atoms with Crippen LogP contribution in [-0.2, 0) is 6.42 Å². The molecule has 0 heterocycles. The van der Waals surface area contributed by atoms with E-state index in [1.165, 1.54) is 145 Å². The first kappa shape index (κ1) is 32.2. The van der Waals surface area contributed by atoms with Gasteiger partial charge in [0.05, 0.1) is 54.9 Å².